The number of nitrogens with zero attached hydrogens (tertiary/aromatic N) is 3. The van der Waals surface area contributed by atoms with E-state index in [1.54, 1.807) is 0 Å². The fourth-order valence-electron chi connectivity index (χ4n) is 1.65. The Kier molecular flexibility index (Phi) is 5.37. The second-order valence-corrected chi connectivity index (χ2v) is 5.98. The normalized spacial score (nSPS) is 11.7. The van der Waals surface area contributed by atoms with Gasteiger partial charge in [0.2, 0.25) is 10.0 Å². The van der Waals surface area contributed by atoms with Gasteiger partial charge in [-0.2, -0.15) is 4.31 Å². The van der Waals surface area contributed by atoms with E-state index in [2.05, 4.69) is 4.98 Å². The van der Waals surface area contributed by atoms with Gasteiger partial charge in [0, 0.05) is 25.4 Å². The summed E-state index contributed by atoms with van der Waals surface area (Å²) >= 11 is 0. The summed E-state index contributed by atoms with van der Waals surface area (Å²) in [5, 5.41) is 10.7. The summed E-state index contributed by atoms with van der Waals surface area (Å²) in [6.45, 7) is 4.53. The topological polar surface area (TPSA) is 93.4 Å². The van der Waals surface area contributed by atoms with Gasteiger partial charge in [-0.15, -0.1) is 0 Å². The third kappa shape index (κ3) is 3.71. The minimum Gasteiger partial charge on any atom is -0.258 e. The van der Waals surface area contributed by atoms with Crippen molar-refractivity contribution >= 4 is 15.7 Å². The van der Waals surface area contributed by atoms with Crippen LogP contribution in [0.5, 0.6) is 0 Å². The molecule has 7 nitrogen and oxygen atoms in total. The Hall–Kier alpha value is -1.54. The van der Waals surface area contributed by atoms with Crippen LogP contribution in [0.1, 0.15) is 26.7 Å². The molecule has 0 aromatic carbocycles. The van der Waals surface area contributed by atoms with Crippen molar-refractivity contribution in [1.82, 2.24) is 9.29 Å². The van der Waals surface area contributed by atoms with Crippen molar-refractivity contribution in [1.29, 1.82) is 0 Å². The molecule has 1 aromatic heterocycles. The third-order valence-electron chi connectivity index (χ3n) is 2.49. The Morgan fingerprint density at radius 3 is 2.32 bits per heavy atom. The average Bonchev–Trinajstić information content (AvgIpc) is 2.38. The van der Waals surface area contributed by atoms with Crippen LogP contribution >= 0.6 is 0 Å². The van der Waals surface area contributed by atoms with E-state index >= 15 is 0 Å². The molecule has 0 aliphatic heterocycles. The predicted octanol–water partition coefficient (Wildman–Crippen LogP) is 1.80. The molecule has 19 heavy (non-hydrogen) atoms. The maximum atomic E-state index is 12.4. The first-order valence-corrected chi connectivity index (χ1v) is 7.47. The Balaban J connectivity index is 3.17. The van der Waals surface area contributed by atoms with Gasteiger partial charge in [0.25, 0.3) is 5.69 Å². The molecule has 0 fully saturated rings. The summed E-state index contributed by atoms with van der Waals surface area (Å²) in [6.07, 6.45) is 3.53. The lowest BCUT2D eigenvalue weighted by atomic mass is 10.4. The summed E-state index contributed by atoms with van der Waals surface area (Å²) in [5.74, 6) is 0. The molecule has 106 valence electrons. The number of pyridine rings is 1. The highest BCUT2D eigenvalue weighted by atomic mass is 32.2. The maximum Gasteiger partial charge on any atom is 0.288 e. The van der Waals surface area contributed by atoms with E-state index in [4.69, 9.17) is 0 Å². The average molecular weight is 287 g/mol. The fourth-order valence-corrected chi connectivity index (χ4v) is 3.26. The first kappa shape index (κ1) is 15.5. The molecule has 0 amide bonds. The monoisotopic (exact) mass is 287 g/mol. The van der Waals surface area contributed by atoms with Crippen LogP contribution in [-0.2, 0) is 10.0 Å². The molecule has 0 N–H and O–H groups in total. The Labute approximate surface area is 112 Å². The summed E-state index contributed by atoms with van der Waals surface area (Å²) in [6, 6.07) is 1.04. The lowest BCUT2D eigenvalue weighted by Crippen LogP contribution is -2.32. The molecule has 0 unspecified atom stereocenters. The minimum atomic E-state index is -3.71. The fraction of sp³-hybridized carbons (Fsp3) is 0.545. The minimum absolute atomic E-state index is 0.136. The summed E-state index contributed by atoms with van der Waals surface area (Å²) in [7, 11) is -3.71. The highest BCUT2D eigenvalue weighted by Gasteiger charge is 2.25. The molecule has 1 rings (SSSR count). The van der Waals surface area contributed by atoms with Crippen molar-refractivity contribution in [3.8, 4) is 0 Å². The highest BCUT2D eigenvalue weighted by Crippen LogP contribution is 2.19. The van der Waals surface area contributed by atoms with Crippen molar-refractivity contribution in [2.75, 3.05) is 13.1 Å². The van der Waals surface area contributed by atoms with Crippen LogP contribution in [0.25, 0.3) is 0 Å². The number of hydrogen-bond acceptors (Lipinski definition) is 5. The molecule has 1 aromatic rings. The van der Waals surface area contributed by atoms with Crippen molar-refractivity contribution in [2.24, 2.45) is 0 Å². The van der Waals surface area contributed by atoms with Crippen LogP contribution in [-0.4, -0.2) is 35.7 Å². The van der Waals surface area contributed by atoms with E-state index in [1.165, 1.54) is 4.31 Å². The lowest BCUT2D eigenvalue weighted by molar-refractivity contribution is -0.385. The van der Waals surface area contributed by atoms with Gasteiger partial charge >= 0.3 is 0 Å². The zero-order chi connectivity index (χ0) is 14.5. The molecule has 0 bridgehead atoms. The Bertz CT molecular complexity index is 539. The molecule has 0 spiro atoms. The third-order valence-corrected chi connectivity index (χ3v) is 4.36. The second-order valence-electron chi connectivity index (χ2n) is 4.04. The van der Waals surface area contributed by atoms with Gasteiger partial charge in [-0.05, 0) is 12.8 Å². The van der Waals surface area contributed by atoms with E-state index in [1.807, 2.05) is 13.8 Å². The zero-order valence-electron chi connectivity index (χ0n) is 10.9. The first-order chi connectivity index (χ1) is 8.93. The van der Waals surface area contributed by atoms with Crippen LogP contribution in [0.3, 0.4) is 0 Å². The molecule has 0 saturated heterocycles. The van der Waals surface area contributed by atoms with Crippen LogP contribution in [0.4, 0.5) is 5.69 Å². The van der Waals surface area contributed by atoms with Crippen molar-refractivity contribution in [3.63, 3.8) is 0 Å². The second kappa shape index (κ2) is 6.58. The number of sulfonamides is 1. The molecule has 0 aliphatic carbocycles. The smallest absolute Gasteiger partial charge is 0.258 e. The standard InChI is InChI=1S/C11H17N3O4S/c1-3-5-13(6-4-2)19(17,18)11-7-10(14(15)16)8-12-9-11/h7-9H,3-6H2,1-2H3. The lowest BCUT2D eigenvalue weighted by Gasteiger charge is -2.20. The SMILES string of the molecule is CCCN(CCC)S(=O)(=O)c1cncc([N+](=O)[O-])c1. The van der Waals surface area contributed by atoms with Crippen molar-refractivity contribution in [3.05, 3.63) is 28.6 Å². The molecular formula is C11H17N3O4S. The molecule has 0 saturated carbocycles. The van der Waals surface area contributed by atoms with Crippen LogP contribution < -0.4 is 0 Å². The quantitative estimate of drug-likeness (QED) is 0.563. The first-order valence-electron chi connectivity index (χ1n) is 6.03. The Morgan fingerprint density at radius 1 is 1.26 bits per heavy atom. The van der Waals surface area contributed by atoms with E-state index in [0.29, 0.717) is 25.9 Å². The summed E-state index contributed by atoms with van der Waals surface area (Å²) < 4.78 is 26.0. The molecule has 0 radical (unpaired) electrons. The van der Waals surface area contributed by atoms with Gasteiger partial charge in [0.15, 0.2) is 0 Å². The summed E-state index contributed by atoms with van der Waals surface area (Å²) in [4.78, 5) is 13.5. The van der Waals surface area contributed by atoms with Gasteiger partial charge in [-0.3, -0.25) is 15.1 Å². The Morgan fingerprint density at radius 2 is 1.84 bits per heavy atom. The molecule has 0 aliphatic rings. The van der Waals surface area contributed by atoms with Crippen molar-refractivity contribution < 1.29 is 13.3 Å². The van der Waals surface area contributed by atoms with E-state index < -0.39 is 14.9 Å². The summed E-state index contributed by atoms with van der Waals surface area (Å²) in [5.41, 5.74) is -0.325. The number of hydrogen-bond donors (Lipinski definition) is 0. The maximum absolute atomic E-state index is 12.4. The van der Waals surface area contributed by atoms with Crippen LogP contribution in [0.15, 0.2) is 23.4 Å². The highest BCUT2D eigenvalue weighted by molar-refractivity contribution is 7.89. The number of aromatic nitrogens is 1. The predicted molar refractivity (Wildman–Crippen MR) is 70.2 cm³/mol. The van der Waals surface area contributed by atoms with E-state index in [0.717, 1.165) is 18.5 Å². The van der Waals surface area contributed by atoms with Gasteiger partial charge in [0.05, 0.1) is 4.92 Å². The number of nitro groups is 1. The zero-order valence-corrected chi connectivity index (χ0v) is 11.8. The molecule has 0 atom stereocenters. The number of rotatable bonds is 7. The van der Waals surface area contributed by atoms with Gasteiger partial charge < -0.3 is 0 Å². The molecular weight excluding hydrogens is 270 g/mol. The van der Waals surface area contributed by atoms with Gasteiger partial charge in [0.1, 0.15) is 11.1 Å². The molecule has 1 heterocycles. The van der Waals surface area contributed by atoms with Crippen LogP contribution in [0.2, 0.25) is 0 Å². The van der Waals surface area contributed by atoms with Crippen LogP contribution in [0, 0.1) is 10.1 Å². The molecule has 8 heteroatoms. The van der Waals surface area contributed by atoms with E-state index in [9.17, 15) is 18.5 Å². The van der Waals surface area contributed by atoms with Gasteiger partial charge in [-0.1, -0.05) is 13.8 Å². The van der Waals surface area contributed by atoms with Crippen molar-refractivity contribution in [2.45, 2.75) is 31.6 Å². The van der Waals surface area contributed by atoms with Gasteiger partial charge in [-0.25, -0.2) is 8.42 Å². The van der Waals surface area contributed by atoms with E-state index in [-0.39, 0.29) is 10.6 Å². The largest absolute Gasteiger partial charge is 0.288 e.